The Kier molecular flexibility index (Phi) is 5.13. The summed E-state index contributed by atoms with van der Waals surface area (Å²) in [5, 5.41) is 10.9. The van der Waals surface area contributed by atoms with E-state index in [1.165, 1.54) is 0 Å². The molecule has 1 amide bonds. The van der Waals surface area contributed by atoms with Crippen molar-refractivity contribution in [2.75, 3.05) is 25.5 Å². The van der Waals surface area contributed by atoms with Crippen molar-refractivity contribution in [2.24, 2.45) is 0 Å². The molecule has 0 aromatic heterocycles. The predicted octanol–water partition coefficient (Wildman–Crippen LogP) is 0.408. The van der Waals surface area contributed by atoms with Crippen molar-refractivity contribution in [3.8, 4) is 0 Å². The third-order valence-corrected chi connectivity index (χ3v) is 2.30. The van der Waals surface area contributed by atoms with Gasteiger partial charge in [0.25, 0.3) is 5.91 Å². The topological polar surface area (TPSA) is 102 Å². The van der Waals surface area contributed by atoms with Crippen LogP contribution in [0, 0.1) is 6.92 Å². The van der Waals surface area contributed by atoms with Gasteiger partial charge in [-0.2, -0.15) is 0 Å². The molecule has 0 bridgehead atoms. The number of amides is 1. The minimum absolute atomic E-state index is 0.152. The van der Waals surface area contributed by atoms with Gasteiger partial charge in [-0.3, -0.25) is 4.79 Å². The first kappa shape index (κ1) is 14.0. The maximum Gasteiger partial charge on any atom is 0.329 e. The number of anilines is 1. The highest BCUT2D eigenvalue weighted by atomic mass is 16.5. The van der Waals surface area contributed by atoms with E-state index in [-0.39, 0.29) is 25.7 Å². The first-order valence-corrected chi connectivity index (χ1v) is 5.44. The third kappa shape index (κ3) is 4.42. The first-order valence-electron chi connectivity index (χ1n) is 5.44. The molecule has 0 heterocycles. The molecule has 6 heteroatoms. The summed E-state index contributed by atoms with van der Waals surface area (Å²) < 4.78 is 4.79. The molecule has 0 saturated carbocycles. The number of hydrogen-bond acceptors (Lipinski definition) is 4. The first-order chi connectivity index (χ1) is 8.50. The van der Waals surface area contributed by atoms with E-state index in [4.69, 9.17) is 15.6 Å². The summed E-state index contributed by atoms with van der Waals surface area (Å²) in [5.41, 5.74) is 7.64. The maximum atomic E-state index is 11.7. The normalized spacial score (nSPS) is 10.1. The van der Waals surface area contributed by atoms with Crippen LogP contribution in [-0.2, 0) is 9.53 Å². The number of hydrogen-bond donors (Lipinski definition) is 3. The number of aliphatic carboxylic acids is 1. The second-order valence-corrected chi connectivity index (χ2v) is 3.77. The molecule has 0 aliphatic carbocycles. The summed E-state index contributed by atoms with van der Waals surface area (Å²) in [4.78, 5) is 21.8. The summed E-state index contributed by atoms with van der Waals surface area (Å²) in [6.07, 6.45) is 0. The Morgan fingerprint density at radius 2 is 2.17 bits per heavy atom. The van der Waals surface area contributed by atoms with Crippen LogP contribution in [0.1, 0.15) is 15.9 Å². The fraction of sp³-hybridized carbons (Fsp3) is 0.333. The molecular weight excluding hydrogens is 236 g/mol. The monoisotopic (exact) mass is 252 g/mol. The van der Waals surface area contributed by atoms with Gasteiger partial charge in [0.15, 0.2) is 0 Å². The average molecular weight is 252 g/mol. The van der Waals surface area contributed by atoms with Crippen molar-refractivity contribution in [1.82, 2.24) is 5.32 Å². The van der Waals surface area contributed by atoms with E-state index in [0.717, 1.165) is 5.56 Å². The second-order valence-electron chi connectivity index (χ2n) is 3.77. The molecule has 0 aliphatic rings. The van der Waals surface area contributed by atoms with E-state index < -0.39 is 5.97 Å². The van der Waals surface area contributed by atoms with Crippen molar-refractivity contribution in [3.05, 3.63) is 29.3 Å². The van der Waals surface area contributed by atoms with Crippen LogP contribution in [0.15, 0.2) is 18.2 Å². The average Bonchev–Trinajstić information content (AvgIpc) is 2.31. The fourth-order valence-corrected chi connectivity index (χ4v) is 1.28. The fourth-order valence-electron chi connectivity index (χ4n) is 1.28. The van der Waals surface area contributed by atoms with Gasteiger partial charge >= 0.3 is 5.97 Å². The number of carboxylic acid groups (broad SMARTS) is 1. The summed E-state index contributed by atoms with van der Waals surface area (Å²) in [6, 6.07) is 5.05. The van der Waals surface area contributed by atoms with Gasteiger partial charge in [0.2, 0.25) is 0 Å². The highest BCUT2D eigenvalue weighted by Crippen LogP contribution is 2.12. The van der Waals surface area contributed by atoms with Crippen molar-refractivity contribution in [3.63, 3.8) is 0 Å². The molecule has 1 aromatic carbocycles. The van der Waals surface area contributed by atoms with Gasteiger partial charge < -0.3 is 20.9 Å². The molecule has 1 rings (SSSR count). The van der Waals surface area contributed by atoms with Gasteiger partial charge in [0.1, 0.15) is 6.61 Å². The highest BCUT2D eigenvalue weighted by Gasteiger charge is 2.06. The zero-order valence-corrected chi connectivity index (χ0v) is 10.1. The SMILES string of the molecule is Cc1ccc(C(=O)NCCOCC(=O)O)cc1N. The Hall–Kier alpha value is -2.08. The molecule has 98 valence electrons. The van der Waals surface area contributed by atoms with Crippen LogP contribution in [0.4, 0.5) is 5.69 Å². The van der Waals surface area contributed by atoms with Crippen LogP contribution < -0.4 is 11.1 Å². The Balaban J connectivity index is 2.36. The molecule has 0 aliphatic heterocycles. The van der Waals surface area contributed by atoms with E-state index in [1.54, 1.807) is 18.2 Å². The zero-order chi connectivity index (χ0) is 13.5. The smallest absolute Gasteiger partial charge is 0.329 e. The molecule has 0 fully saturated rings. The summed E-state index contributed by atoms with van der Waals surface area (Å²) in [6.45, 7) is 1.89. The van der Waals surface area contributed by atoms with Crippen LogP contribution >= 0.6 is 0 Å². The van der Waals surface area contributed by atoms with Gasteiger partial charge in [-0.15, -0.1) is 0 Å². The molecule has 0 unspecified atom stereocenters. The molecule has 1 aromatic rings. The Labute approximate surface area is 105 Å². The number of carbonyl (C=O) groups excluding carboxylic acids is 1. The van der Waals surface area contributed by atoms with Crippen molar-refractivity contribution < 1.29 is 19.4 Å². The van der Waals surface area contributed by atoms with Crippen LogP contribution in [0.5, 0.6) is 0 Å². The number of carbonyl (C=O) groups is 2. The van der Waals surface area contributed by atoms with E-state index >= 15 is 0 Å². The molecular formula is C12H16N2O4. The lowest BCUT2D eigenvalue weighted by atomic mass is 10.1. The molecule has 0 radical (unpaired) electrons. The quantitative estimate of drug-likeness (QED) is 0.502. The molecule has 18 heavy (non-hydrogen) atoms. The number of ether oxygens (including phenoxy) is 1. The van der Waals surface area contributed by atoms with E-state index in [9.17, 15) is 9.59 Å². The molecule has 6 nitrogen and oxygen atoms in total. The molecule has 0 saturated heterocycles. The minimum atomic E-state index is -1.03. The second kappa shape index (κ2) is 6.61. The molecule has 0 spiro atoms. The van der Waals surface area contributed by atoms with Gasteiger partial charge in [-0.1, -0.05) is 6.07 Å². The largest absolute Gasteiger partial charge is 0.480 e. The number of nitrogen functional groups attached to an aromatic ring is 1. The van der Waals surface area contributed by atoms with Crippen LogP contribution in [0.25, 0.3) is 0 Å². The minimum Gasteiger partial charge on any atom is -0.480 e. The number of carboxylic acids is 1. The van der Waals surface area contributed by atoms with Crippen LogP contribution in [0.3, 0.4) is 0 Å². The van der Waals surface area contributed by atoms with Gasteiger partial charge in [0.05, 0.1) is 6.61 Å². The van der Waals surface area contributed by atoms with Crippen LogP contribution in [-0.4, -0.2) is 36.7 Å². The predicted molar refractivity (Wildman–Crippen MR) is 66.4 cm³/mol. The third-order valence-electron chi connectivity index (χ3n) is 2.30. The van der Waals surface area contributed by atoms with Gasteiger partial charge in [0, 0.05) is 17.8 Å². The lowest BCUT2D eigenvalue weighted by Crippen LogP contribution is -2.28. The zero-order valence-electron chi connectivity index (χ0n) is 10.1. The van der Waals surface area contributed by atoms with Crippen molar-refractivity contribution in [2.45, 2.75) is 6.92 Å². The summed E-state index contributed by atoms with van der Waals surface area (Å²) >= 11 is 0. The Morgan fingerprint density at radius 3 is 2.78 bits per heavy atom. The number of aryl methyl sites for hydroxylation is 1. The molecule has 4 N–H and O–H groups in total. The van der Waals surface area contributed by atoms with Gasteiger partial charge in [-0.05, 0) is 24.6 Å². The standard InChI is InChI=1S/C12H16N2O4/c1-8-2-3-9(6-10(8)13)12(17)14-4-5-18-7-11(15)16/h2-3,6H,4-5,7,13H2,1H3,(H,14,17)(H,15,16). The number of nitrogens with two attached hydrogens (primary N) is 1. The lowest BCUT2D eigenvalue weighted by Gasteiger charge is -2.07. The highest BCUT2D eigenvalue weighted by molar-refractivity contribution is 5.95. The van der Waals surface area contributed by atoms with Crippen molar-refractivity contribution in [1.29, 1.82) is 0 Å². The lowest BCUT2D eigenvalue weighted by molar-refractivity contribution is -0.142. The van der Waals surface area contributed by atoms with Gasteiger partial charge in [-0.25, -0.2) is 4.79 Å². The number of nitrogens with one attached hydrogen (secondary N) is 1. The maximum absolute atomic E-state index is 11.7. The van der Waals surface area contributed by atoms with Crippen molar-refractivity contribution >= 4 is 17.6 Å². The summed E-state index contributed by atoms with van der Waals surface area (Å²) in [7, 11) is 0. The number of benzene rings is 1. The number of rotatable bonds is 6. The molecule has 0 atom stereocenters. The Morgan fingerprint density at radius 1 is 1.44 bits per heavy atom. The van der Waals surface area contributed by atoms with E-state index in [1.807, 2.05) is 6.92 Å². The van der Waals surface area contributed by atoms with Crippen LogP contribution in [0.2, 0.25) is 0 Å². The van der Waals surface area contributed by atoms with E-state index in [2.05, 4.69) is 5.32 Å². The van der Waals surface area contributed by atoms with E-state index in [0.29, 0.717) is 11.3 Å². The summed E-state index contributed by atoms with van der Waals surface area (Å²) in [5.74, 6) is -1.30. The Bertz CT molecular complexity index is 446.